The highest BCUT2D eigenvalue weighted by Gasteiger charge is 2.22. The van der Waals surface area contributed by atoms with Crippen molar-refractivity contribution in [3.63, 3.8) is 0 Å². The molecule has 0 bridgehead atoms. The maximum Gasteiger partial charge on any atom is 0.267 e. The Hall–Kier alpha value is -2.58. The van der Waals surface area contributed by atoms with Gasteiger partial charge in [-0.1, -0.05) is 18.2 Å². The molecule has 0 aliphatic heterocycles. The highest BCUT2D eigenvalue weighted by Crippen LogP contribution is 2.31. The van der Waals surface area contributed by atoms with Crippen LogP contribution in [0.3, 0.4) is 0 Å². The van der Waals surface area contributed by atoms with Gasteiger partial charge in [-0.25, -0.2) is 13.5 Å². The molecule has 0 saturated heterocycles. The van der Waals surface area contributed by atoms with E-state index in [-0.39, 0.29) is 10.5 Å². The highest BCUT2D eigenvalue weighted by molar-refractivity contribution is 7.98. The first-order valence-corrected chi connectivity index (χ1v) is 12.5. The molecule has 1 aliphatic carbocycles. The minimum absolute atomic E-state index is 0.149. The smallest absolute Gasteiger partial charge is 0.267 e. The van der Waals surface area contributed by atoms with Crippen LogP contribution in [-0.2, 0) is 22.9 Å². The summed E-state index contributed by atoms with van der Waals surface area (Å²) in [5.41, 5.74) is 4.06. The first-order valence-electron chi connectivity index (χ1n) is 9.77. The molecule has 0 saturated carbocycles. The quantitative estimate of drug-likeness (QED) is 0.581. The van der Waals surface area contributed by atoms with Crippen molar-refractivity contribution in [1.82, 2.24) is 10.2 Å². The maximum absolute atomic E-state index is 13.2. The van der Waals surface area contributed by atoms with E-state index >= 15 is 0 Å². The number of anilines is 1. The largest absolute Gasteiger partial charge is 0.280 e. The molecular formula is C22H23N3O3S2. The lowest BCUT2D eigenvalue weighted by Gasteiger charge is -2.18. The lowest BCUT2D eigenvalue weighted by Crippen LogP contribution is -2.21. The second-order valence-electron chi connectivity index (χ2n) is 7.38. The van der Waals surface area contributed by atoms with E-state index in [1.807, 2.05) is 24.5 Å². The predicted molar refractivity (Wildman–Crippen MR) is 121 cm³/mol. The standard InChI is InChI=1S/C22H23N3O3S2/c1-14-10-11-15(21-18-8-3-4-9-19(18)22(26)24-23-21)12-20(14)30(27,28)25-16-6-5-7-17(13-16)29-2/h5-7,10-13,25H,3-4,8-9H2,1-2H3,(H,24,26). The zero-order chi connectivity index (χ0) is 21.3. The highest BCUT2D eigenvalue weighted by atomic mass is 32.2. The fraction of sp³-hybridized carbons (Fsp3) is 0.273. The summed E-state index contributed by atoms with van der Waals surface area (Å²) < 4.78 is 29.0. The molecule has 8 heteroatoms. The van der Waals surface area contributed by atoms with Crippen molar-refractivity contribution in [3.05, 3.63) is 69.5 Å². The van der Waals surface area contributed by atoms with Gasteiger partial charge in [0.1, 0.15) is 0 Å². The Morgan fingerprint density at radius 2 is 1.83 bits per heavy atom. The van der Waals surface area contributed by atoms with Gasteiger partial charge in [-0.05, 0) is 74.3 Å². The number of nitrogens with zero attached hydrogens (tertiary/aromatic N) is 1. The third kappa shape index (κ3) is 4.02. The summed E-state index contributed by atoms with van der Waals surface area (Å²) in [4.78, 5) is 13.3. The minimum atomic E-state index is -3.79. The Bertz CT molecular complexity index is 1270. The summed E-state index contributed by atoms with van der Waals surface area (Å²) in [6, 6.07) is 12.6. The third-order valence-corrected chi connectivity index (χ3v) is 7.62. The van der Waals surface area contributed by atoms with E-state index in [1.54, 1.807) is 43.0 Å². The van der Waals surface area contributed by atoms with Crippen LogP contribution in [0.1, 0.15) is 29.5 Å². The molecule has 0 amide bonds. The SMILES string of the molecule is CSc1cccc(NS(=O)(=O)c2cc(-c3n[nH]c(=O)c4c3CCCC4)ccc2C)c1. The number of fused-ring (bicyclic) bond motifs is 1. The number of hydrogen-bond acceptors (Lipinski definition) is 5. The van der Waals surface area contributed by atoms with Crippen LogP contribution in [0.25, 0.3) is 11.3 Å². The summed E-state index contributed by atoms with van der Waals surface area (Å²) in [6.45, 7) is 1.77. The van der Waals surface area contributed by atoms with Crippen LogP contribution in [0, 0.1) is 6.92 Å². The van der Waals surface area contributed by atoms with E-state index in [9.17, 15) is 13.2 Å². The zero-order valence-corrected chi connectivity index (χ0v) is 18.5. The van der Waals surface area contributed by atoms with Crippen molar-refractivity contribution in [3.8, 4) is 11.3 Å². The monoisotopic (exact) mass is 441 g/mol. The second-order valence-corrected chi connectivity index (χ2v) is 9.91. The number of aromatic amines is 1. The lowest BCUT2D eigenvalue weighted by atomic mass is 9.90. The van der Waals surface area contributed by atoms with E-state index in [4.69, 9.17) is 0 Å². The number of aryl methyl sites for hydroxylation is 1. The molecule has 1 heterocycles. The lowest BCUT2D eigenvalue weighted by molar-refractivity contribution is 0.600. The number of benzene rings is 2. The number of sulfonamides is 1. The van der Waals surface area contributed by atoms with E-state index in [0.29, 0.717) is 22.5 Å². The zero-order valence-electron chi connectivity index (χ0n) is 16.9. The van der Waals surface area contributed by atoms with Gasteiger partial charge in [-0.2, -0.15) is 5.10 Å². The van der Waals surface area contributed by atoms with Crippen LogP contribution in [-0.4, -0.2) is 24.9 Å². The molecule has 4 rings (SSSR count). The van der Waals surface area contributed by atoms with Gasteiger partial charge < -0.3 is 0 Å². The summed E-state index contributed by atoms with van der Waals surface area (Å²) in [5.74, 6) is 0. The van der Waals surface area contributed by atoms with Crippen molar-refractivity contribution in [2.24, 2.45) is 0 Å². The van der Waals surface area contributed by atoms with Crippen LogP contribution in [0.15, 0.2) is 57.1 Å². The molecule has 30 heavy (non-hydrogen) atoms. The molecule has 0 radical (unpaired) electrons. The van der Waals surface area contributed by atoms with Gasteiger partial charge in [0, 0.05) is 21.7 Å². The van der Waals surface area contributed by atoms with Crippen molar-refractivity contribution in [1.29, 1.82) is 0 Å². The first-order chi connectivity index (χ1) is 14.4. The molecule has 1 aliphatic rings. The van der Waals surface area contributed by atoms with E-state index in [2.05, 4.69) is 14.9 Å². The Morgan fingerprint density at radius 1 is 1.07 bits per heavy atom. The molecule has 2 aromatic carbocycles. The van der Waals surface area contributed by atoms with E-state index < -0.39 is 10.0 Å². The molecular weight excluding hydrogens is 418 g/mol. The fourth-order valence-electron chi connectivity index (χ4n) is 3.83. The van der Waals surface area contributed by atoms with E-state index in [0.717, 1.165) is 41.7 Å². The molecule has 0 fully saturated rings. The average molecular weight is 442 g/mol. The summed E-state index contributed by atoms with van der Waals surface area (Å²) in [7, 11) is -3.79. The summed E-state index contributed by atoms with van der Waals surface area (Å²) >= 11 is 1.55. The van der Waals surface area contributed by atoms with Crippen LogP contribution in [0.5, 0.6) is 0 Å². The second kappa shape index (κ2) is 8.28. The molecule has 6 nitrogen and oxygen atoms in total. The number of H-pyrrole nitrogens is 1. The normalized spacial score (nSPS) is 13.7. The van der Waals surface area contributed by atoms with Crippen LogP contribution < -0.4 is 10.3 Å². The van der Waals surface area contributed by atoms with Gasteiger partial charge >= 0.3 is 0 Å². The van der Waals surface area contributed by atoms with Gasteiger partial charge in [0.2, 0.25) is 0 Å². The van der Waals surface area contributed by atoms with Crippen molar-refractivity contribution >= 4 is 27.5 Å². The molecule has 1 aromatic heterocycles. The Labute approximate surface area is 180 Å². The Balaban J connectivity index is 1.76. The third-order valence-electron chi connectivity index (χ3n) is 5.37. The Morgan fingerprint density at radius 3 is 2.60 bits per heavy atom. The molecule has 0 unspecified atom stereocenters. The average Bonchev–Trinajstić information content (AvgIpc) is 2.74. The van der Waals surface area contributed by atoms with Crippen molar-refractivity contribution in [2.75, 3.05) is 11.0 Å². The predicted octanol–water partition coefficient (Wildman–Crippen LogP) is 4.15. The molecule has 0 atom stereocenters. The van der Waals surface area contributed by atoms with Gasteiger partial charge in [-0.15, -0.1) is 11.8 Å². The van der Waals surface area contributed by atoms with Crippen LogP contribution >= 0.6 is 11.8 Å². The molecule has 3 aromatic rings. The minimum Gasteiger partial charge on any atom is -0.280 e. The number of hydrogen-bond donors (Lipinski definition) is 2. The molecule has 156 valence electrons. The topological polar surface area (TPSA) is 91.9 Å². The molecule has 2 N–H and O–H groups in total. The summed E-state index contributed by atoms with van der Waals surface area (Å²) in [5, 5.41) is 6.84. The number of aromatic nitrogens is 2. The van der Waals surface area contributed by atoms with Crippen molar-refractivity contribution in [2.45, 2.75) is 42.4 Å². The fourth-order valence-corrected chi connectivity index (χ4v) is 5.61. The number of rotatable bonds is 5. The van der Waals surface area contributed by atoms with Gasteiger partial charge in [0.05, 0.1) is 10.6 Å². The van der Waals surface area contributed by atoms with Crippen LogP contribution in [0.2, 0.25) is 0 Å². The summed E-state index contributed by atoms with van der Waals surface area (Å²) in [6.07, 6.45) is 5.42. The Kier molecular flexibility index (Phi) is 5.71. The molecule has 0 spiro atoms. The van der Waals surface area contributed by atoms with Gasteiger partial charge in [0.15, 0.2) is 0 Å². The number of nitrogens with one attached hydrogen (secondary N) is 2. The first kappa shape index (κ1) is 20.7. The van der Waals surface area contributed by atoms with Gasteiger partial charge in [0.25, 0.3) is 15.6 Å². The van der Waals surface area contributed by atoms with Crippen LogP contribution in [0.4, 0.5) is 5.69 Å². The maximum atomic E-state index is 13.2. The van der Waals surface area contributed by atoms with Gasteiger partial charge in [-0.3, -0.25) is 9.52 Å². The van der Waals surface area contributed by atoms with E-state index in [1.165, 1.54) is 0 Å². The van der Waals surface area contributed by atoms with Crippen molar-refractivity contribution < 1.29 is 8.42 Å². The number of thioether (sulfide) groups is 1.